The van der Waals surface area contributed by atoms with Gasteiger partial charge in [0, 0.05) is 13.5 Å². The summed E-state index contributed by atoms with van der Waals surface area (Å²) in [6, 6.07) is 0. The van der Waals surface area contributed by atoms with Crippen LogP contribution in [0, 0.1) is 0 Å². The summed E-state index contributed by atoms with van der Waals surface area (Å²) in [4.78, 5) is 41.0. The molecule has 3 unspecified atom stereocenters. The highest BCUT2D eigenvalue weighted by Gasteiger charge is 2.38. The van der Waals surface area contributed by atoms with E-state index >= 15 is 0 Å². The van der Waals surface area contributed by atoms with Crippen LogP contribution in [-0.2, 0) is 36.7 Å². The van der Waals surface area contributed by atoms with E-state index in [1.54, 1.807) is 0 Å². The van der Waals surface area contributed by atoms with Gasteiger partial charge in [-0.15, -0.1) is 0 Å². The third-order valence-corrected chi connectivity index (χ3v) is 6.52. The highest BCUT2D eigenvalue weighted by atomic mass is 31.2. The van der Waals surface area contributed by atoms with E-state index < -0.39 is 46.2 Å². The molecule has 192 valence electrons. The minimum absolute atomic E-state index is 0.0399. The minimum atomic E-state index is -4.49. The molecule has 1 saturated heterocycles. The Morgan fingerprint density at radius 3 is 2.56 bits per heavy atom. The molecule has 2 aromatic rings. The number of nitrogens with one attached hydrogen (secondary N) is 1. The van der Waals surface area contributed by atoms with Crippen LogP contribution >= 0.6 is 15.6 Å². The summed E-state index contributed by atoms with van der Waals surface area (Å²) >= 11 is 0. The van der Waals surface area contributed by atoms with Crippen molar-refractivity contribution < 1.29 is 51.6 Å². The van der Waals surface area contributed by atoms with Crippen LogP contribution in [0.2, 0.25) is 0 Å². The third-order valence-electron chi connectivity index (χ3n) is 4.56. The van der Waals surface area contributed by atoms with E-state index in [0.29, 0.717) is 0 Å². The lowest BCUT2D eigenvalue weighted by Gasteiger charge is -2.18. The quantitative estimate of drug-likeness (QED) is 0.159. The number of aromatic nitrogens is 4. The minimum Gasteiger partial charge on any atom is -0.390 e. The summed E-state index contributed by atoms with van der Waals surface area (Å²) in [5, 5.41) is 10.3. The maximum Gasteiger partial charge on any atom is 0.472 e. The summed E-state index contributed by atoms with van der Waals surface area (Å²) < 4.78 is 53.6. The molecule has 0 saturated carbocycles. The Bertz CT molecular complexity index is 1120. The van der Waals surface area contributed by atoms with Crippen LogP contribution in [0.15, 0.2) is 11.1 Å². The standard InChI is InChI=1S/C15H25N5O12P2/c1-27-33(23,24)29-4-2-28-3-5-30-34(25,26)31-7-10-9(21)6-11(32-10)20-8-17-12-13(20)18-15(16)19-14(12)22/h8-11,21H,2-7H2,1H3,(H,23,24)(H,25,26)(H3,16,18,19,22)/t9?,10-,11-/m1/s1. The van der Waals surface area contributed by atoms with Gasteiger partial charge in [0.1, 0.15) is 12.3 Å². The largest absolute Gasteiger partial charge is 0.472 e. The molecule has 3 heterocycles. The van der Waals surface area contributed by atoms with Crippen LogP contribution in [-0.4, -0.2) is 86.8 Å². The van der Waals surface area contributed by atoms with Crippen LogP contribution in [0.5, 0.6) is 0 Å². The highest BCUT2D eigenvalue weighted by molar-refractivity contribution is 7.47. The molecule has 34 heavy (non-hydrogen) atoms. The SMILES string of the molecule is COP(=O)(O)OCCOCCOP(=O)(O)OC[C@H]1O[C@@H](n2cnc3c(=O)[nH]c(N)nc32)CC1O. The lowest BCUT2D eigenvalue weighted by atomic mass is 10.2. The van der Waals surface area contributed by atoms with Crippen LogP contribution < -0.4 is 11.3 Å². The number of rotatable bonds is 13. The number of ether oxygens (including phenoxy) is 2. The number of nitrogens with two attached hydrogens (primary N) is 1. The number of hydrogen-bond donors (Lipinski definition) is 5. The van der Waals surface area contributed by atoms with E-state index in [9.17, 15) is 23.9 Å². The molecule has 3 rings (SSSR count). The monoisotopic (exact) mass is 529 g/mol. The number of nitrogens with zero attached hydrogens (tertiary/aromatic N) is 3. The first-order valence-corrected chi connectivity index (χ1v) is 12.8. The summed E-state index contributed by atoms with van der Waals surface area (Å²) in [7, 11) is -7.57. The van der Waals surface area contributed by atoms with Gasteiger partial charge in [0.05, 0.1) is 45.5 Å². The van der Waals surface area contributed by atoms with Crippen molar-refractivity contribution in [1.29, 1.82) is 0 Å². The number of fused-ring (bicyclic) bond motifs is 1. The van der Waals surface area contributed by atoms with Crippen LogP contribution in [0.3, 0.4) is 0 Å². The van der Waals surface area contributed by atoms with Gasteiger partial charge in [-0.25, -0.2) is 14.1 Å². The molecule has 5 atom stereocenters. The first-order valence-electron chi connectivity index (χ1n) is 9.80. The van der Waals surface area contributed by atoms with E-state index in [2.05, 4.69) is 24.0 Å². The molecule has 2 aromatic heterocycles. The normalized spacial score (nSPS) is 24.3. The van der Waals surface area contributed by atoms with Gasteiger partial charge in [-0.05, 0) is 0 Å². The number of nitrogen functional groups attached to an aromatic ring is 1. The van der Waals surface area contributed by atoms with Gasteiger partial charge in [-0.2, -0.15) is 4.98 Å². The molecule has 1 aliphatic rings. The molecule has 0 radical (unpaired) electrons. The first-order chi connectivity index (χ1) is 16.0. The molecule has 0 amide bonds. The Balaban J connectivity index is 1.43. The number of hydrogen-bond acceptors (Lipinski definition) is 13. The summed E-state index contributed by atoms with van der Waals surface area (Å²) in [6.45, 7) is -1.25. The fraction of sp³-hybridized carbons (Fsp3) is 0.667. The van der Waals surface area contributed by atoms with Crippen molar-refractivity contribution in [2.24, 2.45) is 0 Å². The van der Waals surface area contributed by atoms with Crippen molar-refractivity contribution in [3.63, 3.8) is 0 Å². The van der Waals surface area contributed by atoms with Gasteiger partial charge in [-0.3, -0.25) is 32.4 Å². The van der Waals surface area contributed by atoms with E-state index in [1.165, 1.54) is 10.9 Å². The molecule has 17 nitrogen and oxygen atoms in total. The van der Waals surface area contributed by atoms with Crippen molar-refractivity contribution in [3.05, 3.63) is 16.7 Å². The summed E-state index contributed by atoms with van der Waals surface area (Å²) in [5.74, 6) is -0.115. The fourth-order valence-corrected chi connectivity index (χ4v) is 4.10. The van der Waals surface area contributed by atoms with Crippen molar-refractivity contribution in [3.8, 4) is 0 Å². The average molecular weight is 529 g/mol. The maximum absolute atomic E-state index is 12.0. The predicted molar refractivity (Wildman–Crippen MR) is 112 cm³/mol. The van der Waals surface area contributed by atoms with E-state index in [1.807, 2.05) is 0 Å². The Labute approximate surface area is 191 Å². The molecule has 0 aliphatic carbocycles. The van der Waals surface area contributed by atoms with Gasteiger partial charge in [0.2, 0.25) is 5.95 Å². The molecule has 0 aromatic carbocycles. The first kappa shape index (κ1) is 26.8. The van der Waals surface area contributed by atoms with E-state index in [0.717, 1.165) is 7.11 Å². The predicted octanol–water partition coefficient (Wildman–Crippen LogP) is -0.736. The number of H-pyrrole nitrogens is 1. The zero-order valence-electron chi connectivity index (χ0n) is 17.9. The van der Waals surface area contributed by atoms with Gasteiger partial charge >= 0.3 is 15.6 Å². The van der Waals surface area contributed by atoms with Gasteiger partial charge < -0.3 is 30.1 Å². The highest BCUT2D eigenvalue weighted by Crippen LogP contribution is 2.44. The Hall–Kier alpha value is -1.75. The van der Waals surface area contributed by atoms with E-state index in [-0.39, 0.29) is 50.0 Å². The number of phosphoric ester groups is 2. The van der Waals surface area contributed by atoms with E-state index in [4.69, 9.17) is 29.1 Å². The number of aliphatic hydroxyl groups excluding tert-OH is 1. The zero-order valence-corrected chi connectivity index (χ0v) is 19.7. The van der Waals surface area contributed by atoms with Gasteiger partial charge in [0.15, 0.2) is 11.2 Å². The number of anilines is 1. The lowest BCUT2D eigenvalue weighted by Crippen LogP contribution is -2.26. The fourth-order valence-electron chi connectivity index (χ4n) is 2.97. The second-order valence-electron chi connectivity index (χ2n) is 6.90. The van der Waals surface area contributed by atoms with Crippen molar-refractivity contribution in [2.75, 3.05) is 45.9 Å². The number of phosphoric acid groups is 2. The number of aliphatic hydroxyl groups is 1. The molecule has 1 fully saturated rings. The van der Waals surface area contributed by atoms with Gasteiger partial charge in [-0.1, -0.05) is 0 Å². The van der Waals surface area contributed by atoms with Crippen molar-refractivity contribution in [1.82, 2.24) is 19.5 Å². The Morgan fingerprint density at radius 2 is 1.88 bits per heavy atom. The molecule has 0 spiro atoms. The Morgan fingerprint density at radius 1 is 1.21 bits per heavy atom. The summed E-state index contributed by atoms with van der Waals surface area (Å²) in [6.07, 6.45) is -1.42. The molecule has 1 aliphatic heterocycles. The van der Waals surface area contributed by atoms with Crippen LogP contribution in [0.25, 0.3) is 11.2 Å². The molecule has 19 heteroatoms. The molecular formula is C15H25N5O12P2. The molecular weight excluding hydrogens is 504 g/mol. The van der Waals surface area contributed by atoms with Gasteiger partial charge in [0.25, 0.3) is 5.56 Å². The molecule has 0 bridgehead atoms. The smallest absolute Gasteiger partial charge is 0.390 e. The van der Waals surface area contributed by atoms with Crippen molar-refractivity contribution in [2.45, 2.75) is 24.9 Å². The zero-order chi connectivity index (χ0) is 24.9. The Kier molecular flexibility index (Phi) is 8.94. The maximum atomic E-state index is 12.0. The van der Waals surface area contributed by atoms with Crippen LogP contribution in [0.1, 0.15) is 12.6 Å². The molecule has 6 N–H and O–H groups in total. The second kappa shape index (κ2) is 11.3. The average Bonchev–Trinajstić information content (AvgIpc) is 3.35. The number of imidazole rings is 1. The second-order valence-corrected chi connectivity index (χ2v) is 9.92. The summed E-state index contributed by atoms with van der Waals surface area (Å²) in [5.41, 5.74) is 5.23. The van der Waals surface area contributed by atoms with Crippen molar-refractivity contribution >= 4 is 32.8 Å². The third kappa shape index (κ3) is 7.13. The lowest BCUT2D eigenvalue weighted by molar-refractivity contribution is -0.0447. The number of aromatic amines is 1. The van der Waals surface area contributed by atoms with Crippen LogP contribution in [0.4, 0.5) is 5.95 Å². The topological polar surface area (TPSA) is 240 Å².